The van der Waals surface area contributed by atoms with Crippen LogP contribution in [0.5, 0.6) is 0 Å². The van der Waals surface area contributed by atoms with E-state index in [1.165, 1.54) is 12.2 Å². The van der Waals surface area contributed by atoms with E-state index >= 15 is 0 Å². The molecule has 0 aliphatic heterocycles. The van der Waals surface area contributed by atoms with E-state index in [1.54, 1.807) is 0 Å². The number of carbonyl (C=O) groups excluding carboxylic acids is 2. The summed E-state index contributed by atoms with van der Waals surface area (Å²) in [7, 11) is 0. The Morgan fingerprint density at radius 2 is 1.92 bits per heavy atom. The van der Waals surface area contributed by atoms with E-state index in [1.807, 2.05) is 19.1 Å². The maximum absolute atomic E-state index is 11.5. The first-order chi connectivity index (χ1) is 6.20. The van der Waals surface area contributed by atoms with Crippen LogP contribution in [0.15, 0.2) is 35.5 Å². The molecule has 13 heavy (non-hydrogen) atoms. The quantitative estimate of drug-likeness (QED) is 0.413. The number of hydrogen-bond donors (Lipinski definition) is 0. The molecule has 0 heterocycles. The second-order valence-corrected chi connectivity index (χ2v) is 3.38. The van der Waals surface area contributed by atoms with Gasteiger partial charge >= 0.3 is 0 Å². The average Bonchev–Trinajstić information content (AvgIpc) is 2.12. The van der Waals surface area contributed by atoms with Gasteiger partial charge in [0.05, 0.1) is 0 Å². The van der Waals surface area contributed by atoms with Crippen molar-refractivity contribution in [2.24, 2.45) is 5.92 Å². The van der Waals surface area contributed by atoms with Crippen LogP contribution >= 0.6 is 0 Å². The molecule has 1 atom stereocenters. The molecule has 2 aliphatic rings. The predicted molar refractivity (Wildman–Crippen MR) is 49.1 cm³/mol. The zero-order valence-electron chi connectivity index (χ0n) is 7.41. The Balaban J connectivity index is 2.50. The third-order valence-corrected chi connectivity index (χ3v) is 2.48. The molecule has 0 aromatic heterocycles. The molecule has 2 rings (SSSR count). The van der Waals surface area contributed by atoms with E-state index in [2.05, 4.69) is 0 Å². The van der Waals surface area contributed by atoms with Gasteiger partial charge in [0.15, 0.2) is 11.6 Å². The molecule has 2 nitrogen and oxygen atoms in total. The zero-order chi connectivity index (χ0) is 9.42. The topological polar surface area (TPSA) is 34.1 Å². The van der Waals surface area contributed by atoms with Gasteiger partial charge in [-0.05, 0) is 18.6 Å². The number of hydrogen-bond acceptors (Lipinski definition) is 2. The molecule has 0 saturated heterocycles. The van der Waals surface area contributed by atoms with Crippen LogP contribution in [0, 0.1) is 5.92 Å². The molecule has 0 N–H and O–H groups in total. The fourth-order valence-electron chi connectivity index (χ4n) is 1.82. The fourth-order valence-corrected chi connectivity index (χ4v) is 1.82. The summed E-state index contributed by atoms with van der Waals surface area (Å²) < 4.78 is 0. The molecular formula is C11H10O2. The van der Waals surface area contributed by atoms with Crippen molar-refractivity contribution < 1.29 is 9.59 Å². The van der Waals surface area contributed by atoms with Crippen molar-refractivity contribution in [3.63, 3.8) is 0 Å². The molecule has 0 aromatic carbocycles. The Morgan fingerprint density at radius 1 is 1.23 bits per heavy atom. The zero-order valence-corrected chi connectivity index (χ0v) is 7.41. The highest BCUT2D eigenvalue weighted by Gasteiger charge is 2.26. The van der Waals surface area contributed by atoms with Crippen LogP contribution < -0.4 is 0 Å². The van der Waals surface area contributed by atoms with Crippen molar-refractivity contribution >= 4 is 11.6 Å². The smallest absolute Gasteiger partial charge is 0.182 e. The largest absolute Gasteiger partial charge is 0.290 e. The SMILES string of the molecule is CC1C=CCC2=C1C(=O)C=CC2=O. The van der Waals surface area contributed by atoms with Crippen molar-refractivity contribution in [3.8, 4) is 0 Å². The maximum Gasteiger partial charge on any atom is 0.182 e. The lowest BCUT2D eigenvalue weighted by Gasteiger charge is -2.20. The molecule has 0 aromatic rings. The highest BCUT2D eigenvalue weighted by Crippen LogP contribution is 2.28. The van der Waals surface area contributed by atoms with Crippen molar-refractivity contribution in [2.75, 3.05) is 0 Å². The van der Waals surface area contributed by atoms with E-state index in [9.17, 15) is 9.59 Å². The summed E-state index contributed by atoms with van der Waals surface area (Å²) in [6, 6.07) is 0. The monoisotopic (exact) mass is 174 g/mol. The van der Waals surface area contributed by atoms with Gasteiger partial charge in [-0.3, -0.25) is 9.59 Å². The molecule has 2 heteroatoms. The van der Waals surface area contributed by atoms with Crippen LogP contribution in [0.2, 0.25) is 0 Å². The minimum Gasteiger partial charge on any atom is -0.290 e. The van der Waals surface area contributed by atoms with Crippen molar-refractivity contribution in [2.45, 2.75) is 13.3 Å². The van der Waals surface area contributed by atoms with Crippen LogP contribution in [0.3, 0.4) is 0 Å². The molecule has 0 radical (unpaired) electrons. The highest BCUT2D eigenvalue weighted by atomic mass is 16.1. The second kappa shape index (κ2) is 2.80. The molecule has 66 valence electrons. The Kier molecular flexibility index (Phi) is 1.76. The Hall–Kier alpha value is -1.44. The van der Waals surface area contributed by atoms with E-state index < -0.39 is 0 Å². The maximum atomic E-state index is 11.5. The van der Waals surface area contributed by atoms with Crippen molar-refractivity contribution in [3.05, 3.63) is 35.5 Å². The molecule has 0 bridgehead atoms. The first kappa shape index (κ1) is 8.17. The van der Waals surface area contributed by atoms with Crippen LogP contribution in [0.4, 0.5) is 0 Å². The second-order valence-electron chi connectivity index (χ2n) is 3.38. The van der Waals surface area contributed by atoms with Gasteiger partial charge in [-0.15, -0.1) is 0 Å². The van der Waals surface area contributed by atoms with Gasteiger partial charge in [0, 0.05) is 17.1 Å². The van der Waals surface area contributed by atoms with Gasteiger partial charge < -0.3 is 0 Å². The lowest BCUT2D eigenvalue weighted by atomic mass is 9.82. The van der Waals surface area contributed by atoms with Crippen LogP contribution in [0.25, 0.3) is 0 Å². The standard InChI is InChI=1S/C11H10O2/c1-7-3-2-4-8-9(12)5-6-10(13)11(7)8/h2-3,5-7H,4H2,1H3. The van der Waals surface area contributed by atoms with Crippen LogP contribution in [-0.4, -0.2) is 11.6 Å². The van der Waals surface area contributed by atoms with Crippen LogP contribution in [0.1, 0.15) is 13.3 Å². The number of rotatable bonds is 0. The minimum atomic E-state index is -0.00852. The normalized spacial score (nSPS) is 26.7. The predicted octanol–water partition coefficient (Wildman–Crippen LogP) is 1.59. The summed E-state index contributed by atoms with van der Waals surface area (Å²) in [6.07, 6.45) is 7.27. The molecule has 0 spiro atoms. The van der Waals surface area contributed by atoms with E-state index in [0.29, 0.717) is 17.6 Å². The number of carbonyl (C=O) groups is 2. The summed E-state index contributed by atoms with van der Waals surface area (Å²) in [4.78, 5) is 22.8. The van der Waals surface area contributed by atoms with Gasteiger partial charge in [-0.25, -0.2) is 0 Å². The van der Waals surface area contributed by atoms with Gasteiger partial charge in [0.2, 0.25) is 0 Å². The average molecular weight is 174 g/mol. The summed E-state index contributed by atoms with van der Waals surface area (Å²) in [5.41, 5.74) is 1.37. The summed E-state index contributed by atoms with van der Waals surface area (Å²) in [6.45, 7) is 1.94. The first-order valence-electron chi connectivity index (χ1n) is 4.36. The minimum absolute atomic E-state index is 0.00792. The Morgan fingerprint density at radius 3 is 2.62 bits per heavy atom. The third kappa shape index (κ3) is 1.18. The van der Waals surface area contributed by atoms with Crippen molar-refractivity contribution in [1.82, 2.24) is 0 Å². The first-order valence-corrected chi connectivity index (χ1v) is 4.36. The highest BCUT2D eigenvalue weighted by molar-refractivity contribution is 6.20. The summed E-state index contributed by atoms with van der Waals surface area (Å²) in [5, 5.41) is 0. The third-order valence-electron chi connectivity index (χ3n) is 2.48. The van der Waals surface area contributed by atoms with Gasteiger partial charge in [0.1, 0.15) is 0 Å². The summed E-state index contributed by atoms with van der Waals surface area (Å²) in [5.74, 6) is 0.0717. The lowest BCUT2D eigenvalue weighted by Crippen LogP contribution is -2.20. The molecule has 2 aliphatic carbocycles. The van der Waals surface area contributed by atoms with Gasteiger partial charge in [-0.1, -0.05) is 19.1 Å². The Bertz CT molecular complexity index is 370. The van der Waals surface area contributed by atoms with E-state index in [0.717, 1.165) is 0 Å². The molecule has 0 amide bonds. The van der Waals surface area contributed by atoms with E-state index in [-0.39, 0.29) is 17.5 Å². The lowest BCUT2D eigenvalue weighted by molar-refractivity contribution is -0.115. The molecule has 0 fully saturated rings. The van der Waals surface area contributed by atoms with Crippen molar-refractivity contribution in [1.29, 1.82) is 0 Å². The van der Waals surface area contributed by atoms with Crippen LogP contribution in [-0.2, 0) is 9.59 Å². The van der Waals surface area contributed by atoms with Gasteiger partial charge in [-0.2, -0.15) is 0 Å². The molecule has 1 unspecified atom stereocenters. The summed E-state index contributed by atoms with van der Waals surface area (Å²) >= 11 is 0. The molecule has 0 saturated carbocycles. The number of ketones is 2. The van der Waals surface area contributed by atoms with E-state index in [4.69, 9.17) is 0 Å². The Labute approximate surface area is 76.6 Å². The molecular weight excluding hydrogens is 164 g/mol. The number of allylic oxidation sites excluding steroid dienone is 6. The van der Waals surface area contributed by atoms with Gasteiger partial charge in [0.25, 0.3) is 0 Å². The fraction of sp³-hybridized carbons (Fsp3) is 0.273.